The molecular weight excluding hydrogens is 262 g/mol. The molecule has 19 heavy (non-hydrogen) atoms. The molecule has 0 bridgehead atoms. The van der Waals surface area contributed by atoms with Gasteiger partial charge in [-0.15, -0.1) is 16.4 Å². The zero-order valence-corrected chi connectivity index (χ0v) is 10.5. The number of nitrogens with zero attached hydrogens (tertiary/aromatic N) is 3. The fourth-order valence-corrected chi connectivity index (χ4v) is 2.38. The first kappa shape index (κ1) is 11.6. The largest absolute Gasteiger partial charge is 0.478 e. The maximum Gasteiger partial charge on any atom is 0.335 e. The van der Waals surface area contributed by atoms with E-state index in [4.69, 9.17) is 5.11 Å². The van der Waals surface area contributed by atoms with Gasteiger partial charge in [-0.2, -0.15) is 0 Å². The SMILES string of the molecule is O=C(O)c1cccc(-n2cc(-c3cccs3)nn2)c1. The molecule has 0 aliphatic rings. The van der Waals surface area contributed by atoms with Gasteiger partial charge in [0.25, 0.3) is 0 Å². The second kappa shape index (κ2) is 4.66. The van der Waals surface area contributed by atoms with E-state index in [2.05, 4.69) is 10.3 Å². The van der Waals surface area contributed by atoms with Gasteiger partial charge in [0, 0.05) is 0 Å². The van der Waals surface area contributed by atoms with E-state index in [1.54, 1.807) is 46.5 Å². The van der Waals surface area contributed by atoms with E-state index < -0.39 is 5.97 Å². The Hall–Kier alpha value is -2.47. The van der Waals surface area contributed by atoms with Gasteiger partial charge >= 0.3 is 5.97 Å². The maximum atomic E-state index is 10.9. The van der Waals surface area contributed by atoms with Crippen molar-refractivity contribution in [3.8, 4) is 16.3 Å². The molecule has 0 aliphatic heterocycles. The second-order valence-corrected chi connectivity index (χ2v) is 4.83. The van der Waals surface area contributed by atoms with Gasteiger partial charge < -0.3 is 5.11 Å². The Bertz CT molecular complexity index is 719. The van der Waals surface area contributed by atoms with Gasteiger partial charge in [-0.3, -0.25) is 0 Å². The molecule has 0 atom stereocenters. The van der Waals surface area contributed by atoms with Crippen LogP contribution in [-0.4, -0.2) is 26.1 Å². The Kier molecular flexibility index (Phi) is 2.85. The predicted octanol–water partition coefficient (Wildman–Crippen LogP) is 2.69. The lowest BCUT2D eigenvalue weighted by molar-refractivity contribution is 0.0697. The minimum Gasteiger partial charge on any atom is -0.478 e. The van der Waals surface area contributed by atoms with Crippen molar-refractivity contribution in [2.24, 2.45) is 0 Å². The number of carbonyl (C=O) groups is 1. The van der Waals surface area contributed by atoms with Crippen LogP contribution in [0.15, 0.2) is 48.0 Å². The van der Waals surface area contributed by atoms with Gasteiger partial charge in [0.2, 0.25) is 0 Å². The van der Waals surface area contributed by atoms with E-state index in [1.165, 1.54) is 0 Å². The molecule has 0 saturated heterocycles. The molecule has 1 N–H and O–H groups in total. The van der Waals surface area contributed by atoms with Crippen molar-refractivity contribution in [3.05, 3.63) is 53.5 Å². The topological polar surface area (TPSA) is 68.0 Å². The minimum absolute atomic E-state index is 0.227. The van der Waals surface area contributed by atoms with Crippen LogP contribution in [0, 0.1) is 0 Å². The summed E-state index contributed by atoms with van der Waals surface area (Å²) in [6.07, 6.45) is 1.78. The van der Waals surface area contributed by atoms with Gasteiger partial charge in [0.1, 0.15) is 5.69 Å². The van der Waals surface area contributed by atoms with E-state index in [0.717, 1.165) is 10.6 Å². The lowest BCUT2D eigenvalue weighted by atomic mass is 10.2. The van der Waals surface area contributed by atoms with E-state index in [-0.39, 0.29) is 5.56 Å². The van der Waals surface area contributed by atoms with Crippen molar-refractivity contribution in [1.29, 1.82) is 0 Å². The van der Waals surface area contributed by atoms with E-state index in [9.17, 15) is 4.79 Å². The molecular formula is C13H9N3O2S. The fraction of sp³-hybridized carbons (Fsp3) is 0. The highest BCUT2D eigenvalue weighted by atomic mass is 32.1. The molecule has 0 radical (unpaired) electrons. The number of carboxylic acid groups (broad SMARTS) is 1. The number of aromatic nitrogens is 3. The molecule has 5 nitrogen and oxygen atoms in total. The number of hydrogen-bond acceptors (Lipinski definition) is 4. The third-order valence-electron chi connectivity index (χ3n) is 2.62. The van der Waals surface area contributed by atoms with Crippen LogP contribution in [0.5, 0.6) is 0 Å². The zero-order chi connectivity index (χ0) is 13.2. The molecule has 0 amide bonds. The molecule has 2 heterocycles. The van der Waals surface area contributed by atoms with Crippen LogP contribution in [0.1, 0.15) is 10.4 Å². The number of carboxylic acids is 1. The number of hydrogen-bond donors (Lipinski definition) is 1. The number of thiophene rings is 1. The zero-order valence-electron chi connectivity index (χ0n) is 9.72. The molecule has 2 aromatic heterocycles. The van der Waals surface area contributed by atoms with Gasteiger partial charge in [0.15, 0.2) is 0 Å². The fourth-order valence-electron chi connectivity index (χ4n) is 1.71. The molecule has 3 aromatic rings. The van der Waals surface area contributed by atoms with E-state index in [1.807, 2.05) is 17.5 Å². The molecule has 0 unspecified atom stereocenters. The molecule has 3 rings (SSSR count). The first-order valence-corrected chi connectivity index (χ1v) is 6.42. The summed E-state index contributed by atoms with van der Waals surface area (Å²) in [6.45, 7) is 0. The van der Waals surface area contributed by atoms with Crippen molar-refractivity contribution in [3.63, 3.8) is 0 Å². The molecule has 0 saturated carbocycles. The average molecular weight is 271 g/mol. The summed E-state index contributed by atoms with van der Waals surface area (Å²) < 4.78 is 1.57. The summed E-state index contributed by atoms with van der Waals surface area (Å²) >= 11 is 1.58. The van der Waals surface area contributed by atoms with Crippen molar-refractivity contribution < 1.29 is 9.90 Å². The smallest absolute Gasteiger partial charge is 0.335 e. The molecule has 0 spiro atoms. The molecule has 94 valence electrons. The Morgan fingerprint density at radius 3 is 2.89 bits per heavy atom. The predicted molar refractivity (Wildman–Crippen MR) is 71.6 cm³/mol. The maximum absolute atomic E-state index is 10.9. The first-order valence-electron chi connectivity index (χ1n) is 5.54. The highest BCUT2D eigenvalue weighted by Gasteiger charge is 2.08. The highest BCUT2D eigenvalue weighted by Crippen LogP contribution is 2.22. The Balaban J connectivity index is 1.99. The molecule has 1 aromatic carbocycles. The summed E-state index contributed by atoms with van der Waals surface area (Å²) in [7, 11) is 0. The minimum atomic E-state index is -0.958. The lowest BCUT2D eigenvalue weighted by Crippen LogP contribution is -2.00. The second-order valence-electron chi connectivity index (χ2n) is 3.88. The number of benzene rings is 1. The van der Waals surface area contributed by atoms with Gasteiger partial charge in [0.05, 0.1) is 22.3 Å². The number of aromatic carboxylic acids is 1. The summed E-state index contributed by atoms with van der Waals surface area (Å²) in [6, 6.07) is 10.5. The van der Waals surface area contributed by atoms with Crippen LogP contribution in [0.2, 0.25) is 0 Å². The van der Waals surface area contributed by atoms with Crippen LogP contribution in [0.25, 0.3) is 16.3 Å². The summed E-state index contributed by atoms with van der Waals surface area (Å²) in [5.74, 6) is -0.958. The number of rotatable bonds is 3. The molecule has 0 fully saturated rings. The quantitative estimate of drug-likeness (QED) is 0.795. The normalized spacial score (nSPS) is 10.5. The summed E-state index contributed by atoms with van der Waals surface area (Å²) in [5.41, 5.74) is 1.68. The van der Waals surface area contributed by atoms with Crippen LogP contribution < -0.4 is 0 Å². The van der Waals surface area contributed by atoms with Crippen molar-refractivity contribution in [2.45, 2.75) is 0 Å². The van der Waals surface area contributed by atoms with Crippen molar-refractivity contribution in [1.82, 2.24) is 15.0 Å². The monoisotopic (exact) mass is 271 g/mol. The first-order chi connectivity index (χ1) is 9.24. The Labute approximate surface area is 112 Å². The van der Waals surface area contributed by atoms with Gasteiger partial charge in [-0.05, 0) is 29.6 Å². The molecule has 0 aliphatic carbocycles. The highest BCUT2D eigenvalue weighted by molar-refractivity contribution is 7.13. The summed E-state index contributed by atoms with van der Waals surface area (Å²) in [5, 5.41) is 19.0. The van der Waals surface area contributed by atoms with Crippen molar-refractivity contribution >= 4 is 17.3 Å². The Morgan fingerprint density at radius 2 is 2.16 bits per heavy atom. The van der Waals surface area contributed by atoms with E-state index in [0.29, 0.717) is 5.69 Å². The van der Waals surface area contributed by atoms with Crippen LogP contribution in [-0.2, 0) is 0 Å². The van der Waals surface area contributed by atoms with Crippen LogP contribution >= 0.6 is 11.3 Å². The van der Waals surface area contributed by atoms with Gasteiger partial charge in [-0.25, -0.2) is 9.48 Å². The third kappa shape index (κ3) is 2.25. The Morgan fingerprint density at radius 1 is 1.26 bits per heavy atom. The summed E-state index contributed by atoms with van der Waals surface area (Å²) in [4.78, 5) is 12.0. The van der Waals surface area contributed by atoms with Crippen molar-refractivity contribution in [2.75, 3.05) is 0 Å². The van der Waals surface area contributed by atoms with Crippen LogP contribution in [0.3, 0.4) is 0 Å². The van der Waals surface area contributed by atoms with Crippen LogP contribution in [0.4, 0.5) is 0 Å². The average Bonchev–Trinajstić information content (AvgIpc) is 3.09. The van der Waals surface area contributed by atoms with Gasteiger partial charge in [-0.1, -0.05) is 17.3 Å². The molecule has 6 heteroatoms. The standard InChI is InChI=1S/C13H9N3O2S/c17-13(18)9-3-1-4-10(7-9)16-8-11(14-15-16)12-5-2-6-19-12/h1-8H,(H,17,18). The van der Waals surface area contributed by atoms with E-state index >= 15 is 0 Å². The third-order valence-corrected chi connectivity index (χ3v) is 3.52. The lowest BCUT2D eigenvalue weighted by Gasteiger charge is -2.00.